The maximum absolute atomic E-state index is 11.7. The second-order valence-corrected chi connectivity index (χ2v) is 5.35. The van der Waals surface area contributed by atoms with Crippen molar-refractivity contribution in [1.29, 1.82) is 0 Å². The van der Waals surface area contributed by atoms with Crippen LogP contribution in [0.3, 0.4) is 0 Å². The molecule has 1 amide bonds. The van der Waals surface area contributed by atoms with Gasteiger partial charge in [0.25, 0.3) is 5.91 Å². The van der Waals surface area contributed by atoms with Gasteiger partial charge in [-0.2, -0.15) is 5.10 Å². The van der Waals surface area contributed by atoms with Gasteiger partial charge in [0.2, 0.25) is 0 Å². The molecule has 0 spiro atoms. The highest BCUT2D eigenvalue weighted by Crippen LogP contribution is 2.23. The standard InChI is InChI=1S/C14H12IN3O2/c1-9-5-12(15)6-11(13(9)19)8-17-18-14(20)10-3-2-4-16-7-10/h2-8,19H,1H3,(H,18,20)/b17-8+. The molecule has 0 aliphatic rings. The Balaban J connectivity index is 2.10. The Hall–Kier alpha value is -1.96. The van der Waals surface area contributed by atoms with Crippen molar-refractivity contribution in [3.63, 3.8) is 0 Å². The Morgan fingerprint density at radius 1 is 1.50 bits per heavy atom. The number of carbonyl (C=O) groups is 1. The van der Waals surface area contributed by atoms with E-state index in [0.29, 0.717) is 11.1 Å². The second-order valence-electron chi connectivity index (χ2n) is 4.10. The van der Waals surface area contributed by atoms with Gasteiger partial charge in [-0.1, -0.05) is 0 Å². The van der Waals surface area contributed by atoms with E-state index in [1.807, 2.05) is 13.0 Å². The van der Waals surface area contributed by atoms with Crippen LogP contribution in [-0.4, -0.2) is 22.2 Å². The van der Waals surface area contributed by atoms with Gasteiger partial charge in [0.15, 0.2) is 0 Å². The summed E-state index contributed by atoms with van der Waals surface area (Å²) in [6.45, 7) is 1.81. The van der Waals surface area contributed by atoms with Gasteiger partial charge in [-0.05, 0) is 59.3 Å². The molecule has 0 saturated heterocycles. The number of aromatic nitrogens is 1. The Kier molecular flexibility index (Phi) is 4.67. The van der Waals surface area contributed by atoms with Crippen LogP contribution in [0.1, 0.15) is 21.5 Å². The molecule has 0 saturated carbocycles. The molecule has 0 radical (unpaired) electrons. The quantitative estimate of drug-likeness (QED) is 0.487. The highest BCUT2D eigenvalue weighted by Gasteiger charge is 2.05. The molecule has 0 atom stereocenters. The minimum Gasteiger partial charge on any atom is -0.507 e. The smallest absolute Gasteiger partial charge is 0.272 e. The molecule has 6 heteroatoms. The van der Waals surface area contributed by atoms with E-state index in [4.69, 9.17) is 0 Å². The summed E-state index contributed by atoms with van der Waals surface area (Å²) in [4.78, 5) is 15.6. The fourth-order valence-electron chi connectivity index (χ4n) is 1.58. The number of rotatable bonds is 3. The average Bonchev–Trinajstić information content (AvgIpc) is 2.44. The number of benzene rings is 1. The fourth-order valence-corrected chi connectivity index (χ4v) is 2.38. The van der Waals surface area contributed by atoms with E-state index in [2.05, 4.69) is 38.1 Å². The molecule has 1 heterocycles. The maximum atomic E-state index is 11.7. The summed E-state index contributed by atoms with van der Waals surface area (Å²) < 4.78 is 0.984. The van der Waals surface area contributed by atoms with Crippen LogP contribution in [-0.2, 0) is 0 Å². The summed E-state index contributed by atoms with van der Waals surface area (Å²) in [5.41, 5.74) is 4.13. The number of hydrazone groups is 1. The van der Waals surface area contributed by atoms with E-state index in [1.54, 1.807) is 24.4 Å². The number of hydrogen-bond donors (Lipinski definition) is 2. The van der Waals surface area contributed by atoms with Crippen molar-refractivity contribution in [3.8, 4) is 5.75 Å². The molecule has 5 nitrogen and oxygen atoms in total. The van der Waals surface area contributed by atoms with Gasteiger partial charge in [-0.15, -0.1) is 0 Å². The fraction of sp³-hybridized carbons (Fsp3) is 0.0714. The number of hydrogen-bond acceptors (Lipinski definition) is 4. The third-order valence-electron chi connectivity index (χ3n) is 2.59. The summed E-state index contributed by atoms with van der Waals surface area (Å²) in [6, 6.07) is 6.96. The van der Waals surface area contributed by atoms with E-state index in [9.17, 15) is 9.90 Å². The number of phenols is 1. The number of aryl methyl sites for hydroxylation is 1. The van der Waals surface area contributed by atoms with Crippen LogP contribution >= 0.6 is 22.6 Å². The lowest BCUT2D eigenvalue weighted by Crippen LogP contribution is -2.17. The van der Waals surface area contributed by atoms with Crippen LogP contribution in [0.15, 0.2) is 41.8 Å². The van der Waals surface area contributed by atoms with E-state index in [1.165, 1.54) is 12.4 Å². The Bertz CT molecular complexity index is 657. The zero-order valence-corrected chi connectivity index (χ0v) is 12.8. The molecule has 20 heavy (non-hydrogen) atoms. The maximum Gasteiger partial charge on any atom is 0.272 e. The first kappa shape index (κ1) is 14.4. The summed E-state index contributed by atoms with van der Waals surface area (Å²) >= 11 is 2.15. The van der Waals surface area contributed by atoms with Gasteiger partial charge >= 0.3 is 0 Å². The van der Waals surface area contributed by atoms with Crippen LogP contribution in [0.4, 0.5) is 0 Å². The van der Waals surface area contributed by atoms with Gasteiger partial charge in [0, 0.05) is 21.5 Å². The van der Waals surface area contributed by atoms with Crippen LogP contribution in [0.2, 0.25) is 0 Å². The minimum atomic E-state index is -0.351. The zero-order valence-electron chi connectivity index (χ0n) is 10.7. The second kappa shape index (κ2) is 6.47. The van der Waals surface area contributed by atoms with Crippen LogP contribution in [0, 0.1) is 10.5 Å². The molecule has 0 unspecified atom stereocenters. The Labute approximate surface area is 129 Å². The number of pyridine rings is 1. The summed E-state index contributed by atoms with van der Waals surface area (Å²) in [7, 11) is 0. The number of carbonyl (C=O) groups excluding carboxylic acids is 1. The first-order chi connectivity index (χ1) is 9.58. The molecule has 0 aliphatic heterocycles. The van der Waals surface area contributed by atoms with E-state index >= 15 is 0 Å². The molecule has 0 aliphatic carbocycles. The van der Waals surface area contributed by atoms with E-state index in [-0.39, 0.29) is 11.7 Å². The Morgan fingerprint density at radius 3 is 3.00 bits per heavy atom. The number of nitrogens with one attached hydrogen (secondary N) is 1. The molecule has 1 aromatic heterocycles. The predicted octanol–water partition coefficient (Wildman–Crippen LogP) is 2.46. The van der Waals surface area contributed by atoms with Crippen molar-refractivity contribution >= 4 is 34.7 Å². The first-order valence-corrected chi connectivity index (χ1v) is 6.88. The molecule has 0 bridgehead atoms. The molecule has 2 aromatic rings. The molecule has 2 rings (SSSR count). The van der Waals surface area contributed by atoms with Crippen molar-refractivity contribution in [3.05, 3.63) is 56.9 Å². The van der Waals surface area contributed by atoms with Gasteiger partial charge in [0.1, 0.15) is 5.75 Å². The SMILES string of the molecule is Cc1cc(I)cc(/C=N/NC(=O)c2cccnc2)c1O. The lowest BCUT2D eigenvalue weighted by Gasteiger charge is -2.04. The Morgan fingerprint density at radius 2 is 2.30 bits per heavy atom. The average molecular weight is 381 g/mol. The van der Waals surface area contributed by atoms with E-state index < -0.39 is 0 Å². The highest BCUT2D eigenvalue weighted by molar-refractivity contribution is 14.1. The molecule has 102 valence electrons. The monoisotopic (exact) mass is 381 g/mol. The van der Waals surface area contributed by atoms with Gasteiger partial charge < -0.3 is 5.11 Å². The zero-order chi connectivity index (χ0) is 14.5. The third kappa shape index (κ3) is 3.53. The number of nitrogens with zero attached hydrogens (tertiary/aromatic N) is 2. The van der Waals surface area contributed by atoms with Crippen LogP contribution in [0.25, 0.3) is 0 Å². The lowest BCUT2D eigenvalue weighted by molar-refractivity contribution is 0.0954. The van der Waals surface area contributed by atoms with Gasteiger partial charge in [0.05, 0.1) is 11.8 Å². The summed E-state index contributed by atoms with van der Waals surface area (Å²) in [5.74, 6) is -0.194. The normalized spacial score (nSPS) is 10.7. The molecular formula is C14H12IN3O2. The number of amides is 1. The van der Waals surface area contributed by atoms with Gasteiger partial charge in [-0.25, -0.2) is 5.43 Å². The van der Waals surface area contributed by atoms with Crippen molar-refractivity contribution in [1.82, 2.24) is 10.4 Å². The van der Waals surface area contributed by atoms with Crippen molar-refractivity contribution < 1.29 is 9.90 Å². The molecule has 0 fully saturated rings. The molecule has 2 N–H and O–H groups in total. The molecular weight excluding hydrogens is 369 g/mol. The summed E-state index contributed by atoms with van der Waals surface area (Å²) in [6.07, 6.45) is 4.46. The van der Waals surface area contributed by atoms with Crippen LogP contribution in [0.5, 0.6) is 5.75 Å². The number of aromatic hydroxyl groups is 1. The number of halogens is 1. The first-order valence-electron chi connectivity index (χ1n) is 5.80. The van der Waals surface area contributed by atoms with Crippen molar-refractivity contribution in [2.24, 2.45) is 5.10 Å². The van der Waals surface area contributed by atoms with Crippen molar-refractivity contribution in [2.75, 3.05) is 0 Å². The molecule has 1 aromatic carbocycles. The van der Waals surface area contributed by atoms with Crippen molar-refractivity contribution in [2.45, 2.75) is 6.92 Å². The van der Waals surface area contributed by atoms with Gasteiger partial charge in [-0.3, -0.25) is 9.78 Å². The topological polar surface area (TPSA) is 74.6 Å². The lowest BCUT2D eigenvalue weighted by atomic mass is 10.1. The van der Waals surface area contributed by atoms with Crippen LogP contribution < -0.4 is 5.43 Å². The third-order valence-corrected chi connectivity index (χ3v) is 3.21. The minimum absolute atomic E-state index is 0.157. The highest BCUT2D eigenvalue weighted by atomic mass is 127. The summed E-state index contributed by atoms with van der Waals surface area (Å²) in [5, 5.41) is 13.7. The largest absolute Gasteiger partial charge is 0.507 e. The predicted molar refractivity (Wildman–Crippen MR) is 84.9 cm³/mol. The number of phenolic OH excluding ortho intramolecular Hbond substituents is 1. The van der Waals surface area contributed by atoms with E-state index in [0.717, 1.165) is 9.13 Å².